The number of ether oxygens (including phenoxy) is 2. The predicted octanol–water partition coefficient (Wildman–Crippen LogP) is 4.67. The molecule has 0 radical (unpaired) electrons. The summed E-state index contributed by atoms with van der Waals surface area (Å²) in [6.45, 7) is 1.96. The van der Waals surface area contributed by atoms with Gasteiger partial charge in [0, 0.05) is 12.8 Å². The van der Waals surface area contributed by atoms with Crippen LogP contribution in [0.2, 0.25) is 0 Å². The fourth-order valence-corrected chi connectivity index (χ4v) is 2.94. The number of esters is 4. The Hall–Kier alpha value is -3.56. The first-order valence-electron chi connectivity index (χ1n) is 12.5. The zero-order valence-corrected chi connectivity index (χ0v) is 21.4. The second-order valence-electron chi connectivity index (χ2n) is 8.26. The highest BCUT2D eigenvalue weighted by Crippen LogP contribution is 2.14. The number of rotatable bonds is 20. The molecule has 0 rings (SSSR count). The first-order valence-corrected chi connectivity index (χ1v) is 12.5. The van der Waals surface area contributed by atoms with Gasteiger partial charge in [-0.2, -0.15) is 0 Å². The largest absolute Gasteiger partial charge is 0.481 e. The topological polar surface area (TPSA) is 161 Å². The molecular formula is C27H38O10. The second-order valence-corrected chi connectivity index (χ2v) is 8.26. The third-order valence-electron chi connectivity index (χ3n) is 4.91. The van der Waals surface area contributed by atoms with E-state index >= 15 is 0 Å². The van der Waals surface area contributed by atoms with Gasteiger partial charge in [-0.05, 0) is 51.4 Å². The Morgan fingerprint density at radius 2 is 1.05 bits per heavy atom. The molecule has 0 aliphatic carbocycles. The number of carbonyl (C=O) groups is 6. The summed E-state index contributed by atoms with van der Waals surface area (Å²) in [7, 11) is 0. The van der Waals surface area contributed by atoms with E-state index in [1.165, 1.54) is 12.2 Å². The van der Waals surface area contributed by atoms with Crippen LogP contribution >= 0.6 is 0 Å². The van der Waals surface area contributed by atoms with Crippen molar-refractivity contribution in [3.63, 3.8) is 0 Å². The van der Waals surface area contributed by atoms with E-state index in [4.69, 9.17) is 19.7 Å². The van der Waals surface area contributed by atoms with Gasteiger partial charge in [-0.25, -0.2) is 0 Å². The van der Waals surface area contributed by atoms with E-state index in [0.29, 0.717) is 38.5 Å². The van der Waals surface area contributed by atoms with E-state index in [1.54, 1.807) is 24.3 Å². The molecule has 0 spiro atoms. The van der Waals surface area contributed by atoms with Crippen molar-refractivity contribution in [1.82, 2.24) is 0 Å². The van der Waals surface area contributed by atoms with Crippen LogP contribution in [0, 0.1) is 5.92 Å². The van der Waals surface area contributed by atoms with Crippen molar-refractivity contribution in [1.29, 1.82) is 0 Å². The SMILES string of the molecule is CCC/C=C\CC(C(=O)OC(=O)CCCC/C=C/CC(=O)O)C(=O)OC(=O)CCCC/C=C/CC(=O)O. The molecule has 0 saturated carbocycles. The van der Waals surface area contributed by atoms with Crippen LogP contribution in [0.1, 0.15) is 90.4 Å². The predicted molar refractivity (Wildman–Crippen MR) is 134 cm³/mol. The molecule has 0 amide bonds. The molecule has 0 bridgehead atoms. The van der Waals surface area contributed by atoms with Gasteiger partial charge in [0.2, 0.25) is 0 Å². The van der Waals surface area contributed by atoms with Crippen LogP contribution in [-0.4, -0.2) is 46.0 Å². The second kappa shape index (κ2) is 21.7. The molecule has 0 aromatic carbocycles. The number of hydrogen-bond donors (Lipinski definition) is 2. The molecule has 0 aromatic heterocycles. The minimum Gasteiger partial charge on any atom is -0.481 e. The molecule has 0 fully saturated rings. The smallest absolute Gasteiger partial charge is 0.328 e. The molecule has 10 nitrogen and oxygen atoms in total. The van der Waals surface area contributed by atoms with Gasteiger partial charge in [0.15, 0.2) is 5.92 Å². The Balaban J connectivity index is 4.64. The van der Waals surface area contributed by atoms with Crippen molar-refractivity contribution in [3.8, 4) is 0 Å². The maximum absolute atomic E-state index is 12.5. The Kier molecular flexibility index (Phi) is 19.6. The van der Waals surface area contributed by atoms with Crippen LogP contribution in [0.5, 0.6) is 0 Å². The Morgan fingerprint density at radius 1 is 0.622 bits per heavy atom. The maximum Gasteiger partial charge on any atom is 0.328 e. The maximum atomic E-state index is 12.5. The van der Waals surface area contributed by atoms with Crippen molar-refractivity contribution in [3.05, 3.63) is 36.5 Å². The number of carboxylic acid groups (broad SMARTS) is 2. The van der Waals surface area contributed by atoms with Gasteiger partial charge in [-0.15, -0.1) is 0 Å². The number of allylic oxidation sites excluding steroid dienone is 4. The quantitative estimate of drug-likeness (QED) is 0.0994. The van der Waals surface area contributed by atoms with E-state index in [-0.39, 0.29) is 32.1 Å². The van der Waals surface area contributed by atoms with Gasteiger partial charge in [0.05, 0.1) is 12.8 Å². The molecule has 0 unspecified atom stereocenters. The molecule has 0 heterocycles. The first kappa shape index (κ1) is 33.4. The van der Waals surface area contributed by atoms with Gasteiger partial charge in [0.1, 0.15) is 0 Å². The van der Waals surface area contributed by atoms with Crippen LogP contribution in [0.3, 0.4) is 0 Å². The van der Waals surface area contributed by atoms with Crippen molar-refractivity contribution < 1.29 is 48.5 Å². The number of aliphatic carboxylic acids is 2. The van der Waals surface area contributed by atoms with Crippen LogP contribution in [0.25, 0.3) is 0 Å². The summed E-state index contributed by atoms with van der Waals surface area (Å²) in [5.74, 6) is -7.05. The minimum absolute atomic E-state index is 0.0498. The number of hydrogen-bond acceptors (Lipinski definition) is 8. The molecular weight excluding hydrogens is 484 g/mol. The van der Waals surface area contributed by atoms with Crippen molar-refractivity contribution >= 4 is 35.8 Å². The molecule has 0 aromatic rings. The summed E-state index contributed by atoms with van der Waals surface area (Å²) < 4.78 is 9.63. The Labute approximate surface area is 217 Å². The zero-order chi connectivity index (χ0) is 27.9. The highest BCUT2D eigenvalue weighted by molar-refractivity contribution is 6.02. The molecule has 0 aliphatic heterocycles. The molecule has 0 saturated heterocycles. The Morgan fingerprint density at radius 3 is 1.46 bits per heavy atom. The van der Waals surface area contributed by atoms with E-state index in [1.807, 2.05) is 6.92 Å². The lowest BCUT2D eigenvalue weighted by Gasteiger charge is -2.12. The average molecular weight is 523 g/mol. The summed E-state index contributed by atoms with van der Waals surface area (Å²) in [4.78, 5) is 69.9. The van der Waals surface area contributed by atoms with Crippen LogP contribution in [0.15, 0.2) is 36.5 Å². The number of carbonyl (C=O) groups excluding carboxylic acids is 4. The van der Waals surface area contributed by atoms with E-state index < -0.39 is 41.7 Å². The number of carboxylic acids is 2. The van der Waals surface area contributed by atoms with Crippen molar-refractivity contribution in [2.24, 2.45) is 5.92 Å². The fraction of sp³-hybridized carbons (Fsp3) is 0.556. The lowest BCUT2D eigenvalue weighted by molar-refractivity contribution is -0.171. The molecule has 0 aliphatic rings. The monoisotopic (exact) mass is 522 g/mol. The lowest BCUT2D eigenvalue weighted by atomic mass is 10.1. The highest BCUT2D eigenvalue weighted by atomic mass is 16.6. The molecule has 10 heteroatoms. The van der Waals surface area contributed by atoms with E-state index in [0.717, 1.165) is 12.8 Å². The standard InChI is InChI=1S/C27H38O10/c1-2-3-4-11-16-21(26(34)36-24(32)19-14-9-5-7-12-17-22(28)29)27(35)37-25(33)20-15-10-6-8-13-18-23(30)31/h4,7-8,11-13,21H,2-3,5-6,9-10,14-20H2,1H3,(H,28,29)(H,30,31)/b11-4-,12-7+,13-8+. The first-order chi connectivity index (χ1) is 17.7. The number of unbranched alkanes of at least 4 members (excludes halogenated alkanes) is 5. The normalized spacial score (nSPS) is 11.4. The fourth-order valence-electron chi connectivity index (χ4n) is 2.94. The summed E-state index contributed by atoms with van der Waals surface area (Å²) in [6, 6.07) is 0. The molecule has 0 atom stereocenters. The van der Waals surface area contributed by atoms with Crippen molar-refractivity contribution in [2.45, 2.75) is 90.4 Å². The third-order valence-corrected chi connectivity index (χ3v) is 4.91. The van der Waals surface area contributed by atoms with Crippen LogP contribution < -0.4 is 0 Å². The Bertz CT molecular complexity index is 778. The average Bonchev–Trinajstić information content (AvgIpc) is 2.82. The molecule has 206 valence electrons. The van der Waals surface area contributed by atoms with Gasteiger partial charge in [-0.1, -0.05) is 49.8 Å². The van der Waals surface area contributed by atoms with Crippen LogP contribution in [-0.2, 0) is 38.2 Å². The summed E-state index contributed by atoms with van der Waals surface area (Å²) in [5, 5.41) is 17.1. The molecule has 2 N–H and O–H groups in total. The lowest BCUT2D eigenvalue weighted by Crippen LogP contribution is -2.30. The van der Waals surface area contributed by atoms with Crippen molar-refractivity contribution in [2.75, 3.05) is 0 Å². The van der Waals surface area contributed by atoms with Gasteiger partial charge in [-0.3, -0.25) is 28.8 Å². The van der Waals surface area contributed by atoms with Gasteiger partial charge < -0.3 is 19.7 Å². The van der Waals surface area contributed by atoms with E-state index in [9.17, 15) is 28.8 Å². The minimum atomic E-state index is -1.45. The van der Waals surface area contributed by atoms with Crippen LogP contribution in [0.4, 0.5) is 0 Å². The zero-order valence-electron chi connectivity index (χ0n) is 21.4. The molecule has 37 heavy (non-hydrogen) atoms. The van der Waals surface area contributed by atoms with Gasteiger partial charge in [0.25, 0.3) is 0 Å². The summed E-state index contributed by atoms with van der Waals surface area (Å²) >= 11 is 0. The van der Waals surface area contributed by atoms with E-state index in [2.05, 4.69) is 0 Å². The highest BCUT2D eigenvalue weighted by Gasteiger charge is 2.32. The van der Waals surface area contributed by atoms with Gasteiger partial charge >= 0.3 is 35.8 Å². The summed E-state index contributed by atoms with van der Waals surface area (Å²) in [6.07, 6.45) is 14.3. The summed E-state index contributed by atoms with van der Waals surface area (Å²) in [5.41, 5.74) is 0. The third kappa shape index (κ3) is 20.3.